The molecule has 0 saturated carbocycles. The largest absolute Gasteiger partial charge is 0.500 e. The smallest absolute Gasteiger partial charge is 0.397 e. The van der Waals surface area contributed by atoms with E-state index in [2.05, 4.69) is 0 Å². The molecule has 0 aromatic carbocycles. The van der Waals surface area contributed by atoms with Crippen molar-refractivity contribution in [3.63, 3.8) is 0 Å². The molecule has 0 fully saturated rings. The summed E-state index contributed by atoms with van der Waals surface area (Å²) in [7, 11) is 2.50. The molecule has 0 unspecified atom stereocenters. The van der Waals surface area contributed by atoms with Crippen LogP contribution in [0.5, 0.6) is 0 Å². The van der Waals surface area contributed by atoms with E-state index in [0.29, 0.717) is 6.54 Å². The summed E-state index contributed by atoms with van der Waals surface area (Å²) in [6, 6.07) is 0.785. The Bertz CT molecular complexity index is 103. The highest BCUT2D eigenvalue weighted by molar-refractivity contribution is 6.60. The maximum absolute atomic E-state index is 7.57. The van der Waals surface area contributed by atoms with Crippen molar-refractivity contribution < 1.29 is 18.4 Å². The Balaban J connectivity index is 0. The van der Waals surface area contributed by atoms with Crippen LogP contribution in [0, 0.1) is 0 Å². The molecule has 6 heteroatoms. The molecule has 0 aliphatic rings. The minimum Gasteiger partial charge on any atom is -0.397 e. The first-order valence-electron chi connectivity index (χ1n) is 4.62. The van der Waals surface area contributed by atoms with Crippen molar-refractivity contribution in [1.29, 1.82) is 0 Å². The average Bonchev–Trinajstić information content (AvgIpc) is 2.22. The van der Waals surface area contributed by atoms with Gasteiger partial charge >= 0.3 is 8.80 Å². The molecule has 0 amide bonds. The summed E-state index contributed by atoms with van der Waals surface area (Å²) >= 11 is 0. The van der Waals surface area contributed by atoms with Gasteiger partial charge in [0.05, 0.1) is 0 Å². The Morgan fingerprint density at radius 2 is 1.50 bits per heavy atom. The molecule has 0 spiro atoms. The van der Waals surface area contributed by atoms with E-state index in [0.717, 1.165) is 12.5 Å². The Morgan fingerprint density at radius 3 is 1.71 bits per heavy atom. The molecule has 0 aromatic rings. The van der Waals surface area contributed by atoms with Gasteiger partial charge in [0, 0.05) is 34.0 Å². The molecule has 0 aliphatic carbocycles. The summed E-state index contributed by atoms with van der Waals surface area (Å²) in [5, 5.41) is 7.57. The fourth-order valence-corrected chi connectivity index (χ4v) is 2.62. The van der Waals surface area contributed by atoms with Gasteiger partial charge < -0.3 is 24.1 Å². The lowest BCUT2D eigenvalue weighted by Gasteiger charge is -2.23. The van der Waals surface area contributed by atoms with Crippen molar-refractivity contribution in [3.8, 4) is 0 Å². The lowest BCUT2D eigenvalue weighted by atomic mass is 10.5. The van der Waals surface area contributed by atoms with E-state index in [1.165, 1.54) is 0 Å². The van der Waals surface area contributed by atoms with E-state index >= 15 is 0 Å². The highest BCUT2D eigenvalue weighted by Crippen LogP contribution is 2.13. The van der Waals surface area contributed by atoms with E-state index < -0.39 is 8.80 Å². The molecular formula is C8H23NO4Si. The van der Waals surface area contributed by atoms with Gasteiger partial charge in [0.15, 0.2) is 0 Å². The molecule has 5 nitrogen and oxygen atoms in total. The summed E-state index contributed by atoms with van der Waals surface area (Å²) in [5.74, 6) is 0. The average molecular weight is 225 g/mol. The molecule has 0 aromatic heterocycles. The molecular weight excluding hydrogens is 202 g/mol. The van der Waals surface area contributed by atoms with E-state index in [4.69, 9.17) is 24.1 Å². The number of hydrogen-bond acceptors (Lipinski definition) is 5. The van der Waals surface area contributed by atoms with E-state index in [1.807, 2.05) is 0 Å². The second-order valence-corrected chi connectivity index (χ2v) is 5.59. The second kappa shape index (κ2) is 11.1. The van der Waals surface area contributed by atoms with Gasteiger partial charge in [0.25, 0.3) is 0 Å². The second-order valence-electron chi connectivity index (χ2n) is 2.50. The highest BCUT2D eigenvalue weighted by Gasteiger charge is 2.36. The summed E-state index contributed by atoms with van der Waals surface area (Å²) in [6.45, 7) is 2.57. The third kappa shape index (κ3) is 7.42. The van der Waals surface area contributed by atoms with Crippen molar-refractivity contribution in [2.75, 3.05) is 34.5 Å². The summed E-state index contributed by atoms with van der Waals surface area (Å²) in [5.41, 5.74) is 5.36. The van der Waals surface area contributed by atoms with Gasteiger partial charge in [-0.3, -0.25) is 0 Å². The van der Waals surface area contributed by atoms with E-state index in [9.17, 15) is 0 Å². The fourth-order valence-electron chi connectivity index (χ4n) is 0.875. The molecule has 0 radical (unpaired) electrons. The van der Waals surface area contributed by atoms with Gasteiger partial charge in [-0.15, -0.1) is 0 Å². The number of aliphatic hydroxyl groups is 1. The van der Waals surface area contributed by atoms with Gasteiger partial charge in [-0.05, 0) is 19.9 Å². The van der Waals surface area contributed by atoms with Crippen molar-refractivity contribution in [2.24, 2.45) is 5.73 Å². The standard InChI is InChI=1S/C6H17NO3Si.C2H6O/c1-8-11(9-2,10-3)6-4-5-7;1-2-3/h4-7H2,1-3H3;3H,2H2,1H3. The number of rotatable bonds is 6. The lowest BCUT2D eigenvalue weighted by molar-refractivity contribution is 0.123. The molecule has 88 valence electrons. The first kappa shape index (κ1) is 16.4. The first-order valence-corrected chi connectivity index (χ1v) is 6.55. The van der Waals surface area contributed by atoms with E-state index in [-0.39, 0.29) is 6.61 Å². The zero-order valence-corrected chi connectivity index (χ0v) is 10.6. The van der Waals surface area contributed by atoms with Crippen molar-refractivity contribution in [3.05, 3.63) is 0 Å². The number of hydrogen-bond donors (Lipinski definition) is 2. The molecule has 0 aliphatic heterocycles. The third-order valence-corrected chi connectivity index (χ3v) is 4.45. The van der Waals surface area contributed by atoms with Gasteiger partial charge in [-0.25, -0.2) is 0 Å². The quantitative estimate of drug-likeness (QED) is 0.632. The molecule has 0 bridgehead atoms. The highest BCUT2D eigenvalue weighted by atomic mass is 28.4. The maximum Gasteiger partial charge on any atom is 0.500 e. The lowest BCUT2D eigenvalue weighted by Crippen LogP contribution is -2.42. The number of aliphatic hydroxyl groups excluding tert-OH is 1. The van der Waals surface area contributed by atoms with Gasteiger partial charge in [-0.1, -0.05) is 0 Å². The summed E-state index contributed by atoms with van der Waals surface area (Å²) in [6.07, 6.45) is 0.877. The van der Waals surface area contributed by atoms with Crippen LogP contribution in [0.2, 0.25) is 6.04 Å². The van der Waals surface area contributed by atoms with Crippen molar-refractivity contribution in [1.82, 2.24) is 0 Å². The Hall–Kier alpha value is 0.0169. The van der Waals surface area contributed by atoms with E-state index in [1.54, 1.807) is 28.3 Å². The molecule has 0 saturated heterocycles. The number of nitrogens with two attached hydrogens (primary N) is 1. The van der Waals surface area contributed by atoms with Crippen LogP contribution in [0.15, 0.2) is 0 Å². The van der Waals surface area contributed by atoms with Crippen LogP contribution < -0.4 is 5.73 Å². The Kier molecular flexibility index (Phi) is 13.0. The van der Waals surface area contributed by atoms with Crippen LogP contribution in [0.1, 0.15) is 13.3 Å². The van der Waals surface area contributed by atoms with Crippen LogP contribution in [0.4, 0.5) is 0 Å². The minimum atomic E-state index is -2.32. The van der Waals surface area contributed by atoms with Crippen LogP contribution in [0.3, 0.4) is 0 Å². The molecule has 0 heterocycles. The van der Waals surface area contributed by atoms with Crippen LogP contribution in [-0.4, -0.2) is 48.4 Å². The SMILES string of the molecule is CCO.CO[Si](CCCN)(OC)OC. The maximum atomic E-state index is 7.57. The van der Waals surface area contributed by atoms with Crippen LogP contribution >= 0.6 is 0 Å². The molecule has 0 atom stereocenters. The zero-order valence-electron chi connectivity index (χ0n) is 9.58. The Morgan fingerprint density at radius 1 is 1.14 bits per heavy atom. The minimum absolute atomic E-state index is 0.250. The molecule has 14 heavy (non-hydrogen) atoms. The predicted octanol–water partition coefficient (Wildman–Crippen LogP) is 0.212. The zero-order chi connectivity index (χ0) is 11.4. The molecule has 0 rings (SSSR count). The molecule has 3 N–H and O–H groups in total. The van der Waals surface area contributed by atoms with Crippen molar-refractivity contribution >= 4 is 8.80 Å². The van der Waals surface area contributed by atoms with Crippen LogP contribution in [0.25, 0.3) is 0 Å². The van der Waals surface area contributed by atoms with Gasteiger partial charge in [0.1, 0.15) is 0 Å². The third-order valence-electron chi connectivity index (χ3n) is 1.62. The monoisotopic (exact) mass is 225 g/mol. The summed E-state index contributed by atoms with van der Waals surface area (Å²) < 4.78 is 15.5. The fraction of sp³-hybridized carbons (Fsp3) is 1.00. The van der Waals surface area contributed by atoms with Gasteiger partial charge in [0.2, 0.25) is 0 Å². The van der Waals surface area contributed by atoms with Crippen LogP contribution in [-0.2, 0) is 13.3 Å². The predicted molar refractivity (Wildman–Crippen MR) is 58.0 cm³/mol. The normalized spacial score (nSPS) is 10.7. The van der Waals surface area contributed by atoms with Crippen molar-refractivity contribution in [2.45, 2.75) is 19.4 Å². The Labute approximate surface area is 87.5 Å². The first-order chi connectivity index (χ1) is 6.66. The topological polar surface area (TPSA) is 73.9 Å². The summed E-state index contributed by atoms with van der Waals surface area (Å²) in [4.78, 5) is 0. The van der Waals surface area contributed by atoms with Gasteiger partial charge in [-0.2, -0.15) is 0 Å².